The fourth-order valence-electron chi connectivity index (χ4n) is 5.38. The number of amides is 1. The van der Waals surface area contributed by atoms with E-state index in [9.17, 15) is 9.59 Å². The molecule has 1 saturated heterocycles. The number of rotatable bonds is 8. The summed E-state index contributed by atoms with van der Waals surface area (Å²) in [5, 5.41) is 3.38. The third-order valence-corrected chi connectivity index (χ3v) is 7.95. The molecule has 2 heterocycles. The highest BCUT2D eigenvalue weighted by atomic mass is 35.5. The number of Topliss-reactive ketones (excluding diaryl/α,β-unsaturated/α-hetero) is 1. The number of hydrogen-bond acceptors (Lipinski definition) is 6. The summed E-state index contributed by atoms with van der Waals surface area (Å²) < 4.78 is 10.7. The molecular formula is C33H36ClN3O4. The van der Waals surface area contributed by atoms with Crippen molar-refractivity contribution >= 4 is 34.9 Å². The number of aryl methyl sites for hydroxylation is 2. The predicted octanol–water partition coefficient (Wildman–Crippen LogP) is 5.67. The molecule has 214 valence electrons. The molecule has 2 aliphatic rings. The Hall–Kier alpha value is -3.52. The van der Waals surface area contributed by atoms with Crippen molar-refractivity contribution in [3.63, 3.8) is 0 Å². The lowest BCUT2D eigenvalue weighted by atomic mass is 9.94. The Morgan fingerprint density at radius 3 is 2.61 bits per heavy atom. The van der Waals surface area contributed by atoms with Crippen molar-refractivity contribution in [2.45, 2.75) is 39.2 Å². The summed E-state index contributed by atoms with van der Waals surface area (Å²) >= 11 is 6.39. The molecule has 0 saturated carbocycles. The van der Waals surface area contributed by atoms with Crippen LogP contribution < -0.4 is 5.32 Å². The van der Waals surface area contributed by atoms with E-state index >= 15 is 0 Å². The number of fused-ring (bicyclic) bond motifs is 1. The van der Waals surface area contributed by atoms with Crippen molar-refractivity contribution in [2.24, 2.45) is 4.99 Å². The number of aliphatic imine (C=N–C) groups is 1. The molecule has 0 spiro atoms. The zero-order chi connectivity index (χ0) is 28.8. The van der Waals surface area contributed by atoms with Gasteiger partial charge < -0.3 is 9.47 Å². The predicted molar refractivity (Wildman–Crippen MR) is 163 cm³/mol. The van der Waals surface area contributed by atoms with Crippen LogP contribution in [0.5, 0.6) is 0 Å². The second-order valence-electron chi connectivity index (χ2n) is 10.5. The van der Waals surface area contributed by atoms with E-state index in [2.05, 4.69) is 42.3 Å². The van der Waals surface area contributed by atoms with Gasteiger partial charge in [-0.1, -0.05) is 54.9 Å². The zero-order valence-electron chi connectivity index (χ0n) is 23.6. The van der Waals surface area contributed by atoms with Crippen LogP contribution in [0.15, 0.2) is 65.7 Å². The van der Waals surface area contributed by atoms with Crippen LogP contribution in [0.2, 0.25) is 5.02 Å². The van der Waals surface area contributed by atoms with Gasteiger partial charge in [-0.2, -0.15) is 0 Å². The van der Waals surface area contributed by atoms with Crippen molar-refractivity contribution in [1.82, 2.24) is 4.90 Å². The largest absolute Gasteiger partial charge is 0.448 e. The molecule has 1 amide bonds. The van der Waals surface area contributed by atoms with Gasteiger partial charge in [0.1, 0.15) is 12.6 Å². The SMILES string of the molecule is CCc1ccc(CC2N=C(c3ccc(NC(=O)OCCN4CCOCC4)cc3)c3cc(Cl)ccc3CC2=O)cc1C. The maximum absolute atomic E-state index is 13.4. The summed E-state index contributed by atoms with van der Waals surface area (Å²) in [6.45, 7) is 8.37. The maximum atomic E-state index is 13.4. The Morgan fingerprint density at radius 1 is 1.10 bits per heavy atom. The van der Waals surface area contributed by atoms with Crippen molar-refractivity contribution in [1.29, 1.82) is 0 Å². The topological polar surface area (TPSA) is 80.2 Å². The number of hydrogen-bond donors (Lipinski definition) is 1. The second kappa shape index (κ2) is 13.4. The number of carbonyl (C=O) groups excluding carboxylic acids is 2. The number of anilines is 1. The van der Waals surface area contributed by atoms with Crippen LogP contribution in [0.3, 0.4) is 0 Å². The van der Waals surface area contributed by atoms with E-state index in [0.717, 1.165) is 47.5 Å². The molecular weight excluding hydrogens is 538 g/mol. The van der Waals surface area contributed by atoms with Gasteiger partial charge >= 0.3 is 6.09 Å². The van der Waals surface area contributed by atoms with Crippen molar-refractivity contribution in [3.8, 4) is 0 Å². The Kier molecular flexibility index (Phi) is 9.49. The molecule has 41 heavy (non-hydrogen) atoms. The summed E-state index contributed by atoms with van der Waals surface area (Å²) in [5.74, 6) is 0.0823. The first-order chi connectivity index (χ1) is 19.9. The lowest BCUT2D eigenvalue weighted by Crippen LogP contribution is -2.38. The Labute approximate surface area is 246 Å². The van der Waals surface area contributed by atoms with E-state index in [1.807, 2.05) is 42.5 Å². The fraction of sp³-hybridized carbons (Fsp3) is 0.364. The zero-order valence-corrected chi connectivity index (χ0v) is 24.4. The lowest BCUT2D eigenvalue weighted by Gasteiger charge is -2.26. The van der Waals surface area contributed by atoms with E-state index in [-0.39, 0.29) is 5.78 Å². The Bertz CT molecular complexity index is 1430. The van der Waals surface area contributed by atoms with Crippen LogP contribution in [0.1, 0.15) is 40.3 Å². The van der Waals surface area contributed by atoms with Gasteiger partial charge in [0.2, 0.25) is 0 Å². The van der Waals surface area contributed by atoms with Crippen LogP contribution in [-0.2, 0) is 33.5 Å². The molecule has 1 atom stereocenters. The second-order valence-corrected chi connectivity index (χ2v) is 11.0. The number of nitrogens with one attached hydrogen (secondary N) is 1. The first kappa shape index (κ1) is 29.0. The van der Waals surface area contributed by atoms with Gasteiger partial charge in [0.05, 0.1) is 18.9 Å². The Balaban J connectivity index is 1.33. The summed E-state index contributed by atoms with van der Waals surface area (Å²) in [7, 11) is 0. The summed E-state index contributed by atoms with van der Waals surface area (Å²) in [6, 6.07) is 18.9. The van der Waals surface area contributed by atoms with Gasteiger partial charge in [0, 0.05) is 54.3 Å². The van der Waals surface area contributed by atoms with E-state index in [1.54, 1.807) is 0 Å². The molecule has 2 aliphatic heterocycles. The average molecular weight is 574 g/mol. The molecule has 8 heteroatoms. The molecule has 3 aromatic rings. The molecule has 1 unspecified atom stereocenters. The molecule has 0 aromatic heterocycles. The van der Waals surface area contributed by atoms with Crippen molar-refractivity contribution in [2.75, 3.05) is 44.8 Å². The minimum absolute atomic E-state index is 0.0823. The molecule has 0 aliphatic carbocycles. The van der Waals surface area contributed by atoms with Crippen LogP contribution in [-0.4, -0.2) is 68.0 Å². The number of nitrogens with zero attached hydrogens (tertiary/aromatic N) is 2. The van der Waals surface area contributed by atoms with E-state index < -0.39 is 12.1 Å². The smallest absolute Gasteiger partial charge is 0.411 e. The molecule has 7 nitrogen and oxygen atoms in total. The maximum Gasteiger partial charge on any atom is 0.411 e. The Morgan fingerprint density at radius 2 is 1.88 bits per heavy atom. The number of morpholine rings is 1. The summed E-state index contributed by atoms with van der Waals surface area (Å²) in [6.07, 6.45) is 1.31. The van der Waals surface area contributed by atoms with E-state index in [0.29, 0.717) is 49.9 Å². The number of halogens is 1. The molecule has 0 bridgehead atoms. The van der Waals surface area contributed by atoms with Gasteiger partial charge in [-0.25, -0.2) is 4.79 Å². The highest BCUT2D eigenvalue weighted by Gasteiger charge is 2.27. The molecule has 1 fully saturated rings. The molecule has 5 rings (SSSR count). The van der Waals surface area contributed by atoms with E-state index in [1.165, 1.54) is 11.1 Å². The number of benzene rings is 3. The summed E-state index contributed by atoms with van der Waals surface area (Å²) in [5.41, 5.74) is 7.58. The molecule has 1 N–H and O–H groups in total. The third-order valence-electron chi connectivity index (χ3n) is 7.71. The van der Waals surface area contributed by atoms with Gasteiger partial charge in [0.15, 0.2) is 5.78 Å². The van der Waals surface area contributed by atoms with Crippen molar-refractivity contribution < 1.29 is 19.1 Å². The first-order valence-electron chi connectivity index (χ1n) is 14.2. The van der Waals surface area contributed by atoms with Gasteiger partial charge in [0.25, 0.3) is 0 Å². The van der Waals surface area contributed by atoms with Gasteiger partial charge in [-0.05, 0) is 59.9 Å². The molecule has 0 radical (unpaired) electrons. The monoisotopic (exact) mass is 573 g/mol. The lowest BCUT2D eigenvalue weighted by molar-refractivity contribution is -0.119. The average Bonchev–Trinajstić information content (AvgIpc) is 3.10. The van der Waals surface area contributed by atoms with Crippen LogP contribution in [0, 0.1) is 6.92 Å². The van der Waals surface area contributed by atoms with Crippen LogP contribution >= 0.6 is 11.6 Å². The molecule has 3 aromatic carbocycles. The minimum Gasteiger partial charge on any atom is -0.448 e. The normalized spacial score (nSPS) is 17.4. The standard InChI is InChI=1S/C33H36ClN3O4/c1-3-24-5-4-23(18-22(24)2)19-30-31(38)20-26-6-9-27(34)21-29(26)32(36-30)25-7-10-28(11-8-25)35-33(39)41-17-14-37-12-15-40-16-13-37/h4-11,18,21,30H,3,12-17,19-20H2,1-2H3,(H,35,39). The first-order valence-corrected chi connectivity index (χ1v) is 14.6. The number of ketones is 1. The minimum atomic E-state index is -0.512. The number of ether oxygens (including phenoxy) is 2. The quantitative estimate of drug-likeness (QED) is 0.376. The highest BCUT2D eigenvalue weighted by molar-refractivity contribution is 6.31. The summed E-state index contributed by atoms with van der Waals surface area (Å²) in [4.78, 5) is 33.0. The third kappa shape index (κ3) is 7.41. The van der Waals surface area contributed by atoms with Gasteiger partial charge in [-0.15, -0.1) is 0 Å². The van der Waals surface area contributed by atoms with Gasteiger partial charge in [-0.3, -0.25) is 20.0 Å². The van der Waals surface area contributed by atoms with Crippen LogP contribution in [0.4, 0.5) is 10.5 Å². The highest BCUT2D eigenvalue weighted by Crippen LogP contribution is 2.27. The number of carbonyl (C=O) groups is 2. The van der Waals surface area contributed by atoms with Crippen molar-refractivity contribution in [3.05, 3.63) is 99.1 Å². The fourth-order valence-corrected chi connectivity index (χ4v) is 5.55. The van der Waals surface area contributed by atoms with E-state index in [4.69, 9.17) is 26.1 Å². The van der Waals surface area contributed by atoms with Crippen LogP contribution in [0.25, 0.3) is 0 Å².